The first-order chi connectivity index (χ1) is 19.7. The summed E-state index contributed by atoms with van der Waals surface area (Å²) in [4.78, 5) is 15.0. The van der Waals surface area contributed by atoms with Gasteiger partial charge in [0.1, 0.15) is 0 Å². The molecular formula is C36H73NO3. The molecule has 4 nitrogen and oxygen atoms in total. The van der Waals surface area contributed by atoms with Gasteiger partial charge in [0.25, 0.3) is 0 Å². The van der Waals surface area contributed by atoms with Gasteiger partial charge in [0.15, 0.2) is 0 Å². The van der Waals surface area contributed by atoms with Gasteiger partial charge in [-0.3, -0.25) is 4.79 Å². The second kappa shape index (κ2) is 32.9. The number of unbranched alkanes of at least 4 members (excludes halogenated alkanes) is 18. The molecule has 0 aliphatic heterocycles. The molecule has 0 fully saturated rings. The number of hydrogen-bond acceptors (Lipinski definition) is 4. The number of carbonyl (C=O) groups excluding carboxylic acids is 1. The molecule has 0 bridgehead atoms. The van der Waals surface area contributed by atoms with Gasteiger partial charge in [0.05, 0.1) is 6.61 Å². The van der Waals surface area contributed by atoms with Crippen molar-refractivity contribution in [2.45, 2.75) is 188 Å². The summed E-state index contributed by atoms with van der Waals surface area (Å²) in [5.41, 5.74) is 0. The number of carbonyl (C=O) groups is 1. The minimum Gasteiger partial charge on any atom is -0.465 e. The molecule has 0 saturated carbocycles. The Hall–Kier alpha value is -0.610. The van der Waals surface area contributed by atoms with Crippen molar-refractivity contribution in [3.8, 4) is 0 Å². The van der Waals surface area contributed by atoms with Crippen LogP contribution in [0.2, 0.25) is 0 Å². The van der Waals surface area contributed by atoms with Crippen LogP contribution in [-0.4, -0.2) is 48.8 Å². The molecule has 0 aromatic carbocycles. The van der Waals surface area contributed by atoms with Crippen LogP contribution in [0.1, 0.15) is 188 Å². The van der Waals surface area contributed by atoms with E-state index in [1.54, 1.807) is 0 Å². The fourth-order valence-electron chi connectivity index (χ4n) is 5.70. The topological polar surface area (TPSA) is 49.8 Å². The van der Waals surface area contributed by atoms with Crippen LogP contribution in [-0.2, 0) is 9.53 Å². The van der Waals surface area contributed by atoms with E-state index in [-0.39, 0.29) is 5.97 Å². The number of esters is 1. The minimum atomic E-state index is 0.0236. The lowest BCUT2D eigenvalue weighted by atomic mass is 9.95. The molecule has 0 spiro atoms. The van der Waals surface area contributed by atoms with Crippen molar-refractivity contribution in [3.63, 3.8) is 0 Å². The molecule has 0 aliphatic carbocycles. The molecule has 0 aromatic heterocycles. The van der Waals surface area contributed by atoms with Gasteiger partial charge in [-0.1, -0.05) is 136 Å². The predicted molar refractivity (Wildman–Crippen MR) is 175 cm³/mol. The van der Waals surface area contributed by atoms with Crippen molar-refractivity contribution in [2.24, 2.45) is 5.92 Å². The van der Waals surface area contributed by atoms with Crippen LogP contribution in [0.3, 0.4) is 0 Å². The Kier molecular flexibility index (Phi) is 32.4. The molecule has 4 heteroatoms. The van der Waals surface area contributed by atoms with Gasteiger partial charge in [-0.05, 0) is 70.5 Å². The Bertz CT molecular complexity index is 498. The Morgan fingerprint density at radius 3 is 1.45 bits per heavy atom. The summed E-state index contributed by atoms with van der Waals surface area (Å²) >= 11 is 0. The number of aliphatic hydroxyl groups excluding tert-OH is 1. The SMILES string of the molecule is CCCCCCCCC(CCCCCC)COC(=O)CCCCCCCN(CCCCO)CCCCCCCC. The molecule has 0 rings (SSSR count). The third-order valence-electron chi connectivity index (χ3n) is 8.48. The predicted octanol–water partition coefficient (Wildman–Crippen LogP) is 10.6. The molecule has 0 aromatic rings. The summed E-state index contributed by atoms with van der Waals surface area (Å²) in [6.07, 6.45) is 32.2. The lowest BCUT2D eigenvalue weighted by molar-refractivity contribution is -0.145. The van der Waals surface area contributed by atoms with Gasteiger partial charge < -0.3 is 14.7 Å². The highest BCUT2D eigenvalue weighted by Gasteiger charge is 2.12. The monoisotopic (exact) mass is 568 g/mol. The van der Waals surface area contributed by atoms with Gasteiger partial charge in [0, 0.05) is 13.0 Å². The van der Waals surface area contributed by atoms with Crippen LogP contribution in [0.4, 0.5) is 0 Å². The van der Waals surface area contributed by atoms with E-state index in [2.05, 4.69) is 25.7 Å². The number of hydrogen-bond donors (Lipinski definition) is 1. The van der Waals surface area contributed by atoms with Crippen molar-refractivity contribution < 1.29 is 14.6 Å². The maximum atomic E-state index is 12.4. The smallest absolute Gasteiger partial charge is 0.305 e. The molecule has 40 heavy (non-hydrogen) atoms. The third kappa shape index (κ3) is 28.9. The van der Waals surface area contributed by atoms with Crippen LogP contribution in [0.15, 0.2) is 0 Å². The number of rotatable bonds is 33. The van der Waals surface area contributed by atoms with Crippen LogP contribution in [0.25, 0.3) is 0 Å². The average Bonchev–Trinajstić information content (AvgIpc) is 2.96. The quantitative estimate of drug-likeness (QED) is 0.0633. The van der Waals surface area contributed by atoms with Crippen LogP contribution in [0, 0.1) is 5.92 Å². The minimum absolute atomic E-state index is 0.0236. The number of aliphatic hydroxyl groups is 1. The van der Waals surface area contributed by atoms with Crippen LogP contribution in [0.5, 0.6) is 0 Å². The van der Waals surface area contributed by atoms with Crippen LogP contribution >= 0.6 is 0 Å². The van der Waals surface area contributed by atoms with Crippen molar-refractivity contribution in [3.05, 3.63) is 0 Å². The molecule has 240 valence electrons. The Labute approximate surface area is 251 Å². The first-order valence-corrected chi connectivity index (χ1v) is 18.2. The van der Waals surface area contributed by atoms with Gasteiger partial charge >= 0.3 is 5.97 Å². The molecule has 0 amide bonds. The van der Waals surface area contributed by atoms with Gasteiger partial charge in [0.2, 0.25) is 0 Å². The van der Waals surface area contributed by atoms with Crippen molar-refractivity contribution in [1.29, 1.82) is 0 Å². The maximum Gasteiger partial charge on any atom is 0.305 e. The van der Waals surface area contributed by atoms with Crippen molar-refractivity contribution in [1.82, 2.24) is 4.90 Å². The molecular weight excluding hydrogens is 494 g/mol. The molecule has 1 N–H and O–H groups in total. The van der Waals surface area contributed by atoms with Gasteiger partial charge in [-0.25, -0.2) is 0 Å². The fraction of sp³-hybridized carbons (Fsp3) is 0.972. The van der Waals surface area contributed by atoms with E-state index >= 15 is 0 Å². The molecule has 0 heterocycles. The molecule has 1 atom stereocenters. The summed E-state index contributed by atoms with van der Waals surface area (Å²) in [5.74, 6) is 0.583. The highest BCUT2D eigenvalue weighted by Crippen LogP contribution is 2.20. The van der Waals surface area contributed by atoms with E-state index in [0.717, 1.165) is 32.2 Å². The van der Waals surface area contributed by atoms with Gasteiger partial charge in [-0.15, -0.1) is 0 Å². The number of ether oxygens (including phenoxy) is 1. The molecule has 1 unspecified atom stereocenters. The zero-order chi connectivity index (χ0) is 29.4. The average molecular weight is 568 g/mol. The normalized spacial score (nSPS) is 12.3. The second-order valence-electron chi connectivity index (χ2n) is 12.5. The summed E-state index contributed by atoms with van der Waals surface area (Å²) in [6.45, 7) is 11.3. The maximum absolute atomic E-state index is 12.4. The molecule has 0 aliphatic rings. The Morgan fingerprint density at radius 2 is 0.950 bits per heavy atom. The third-order valence-corrected chi connectivity index (χ3v) is 8.48. The summed E-state index contributed by atoms with van der Waals surface area (Å²) < 4.78 is 5.77. The Balaban J connectivity index is 4.03. The largest absolute Gasteiger partial charge is 0.465 e. The van der Waals surface area contributed by atoms with Crippen LogP contribution < -0.4 is 0 Å². The van der Waals surface area contributed by atoms with E-state index in [0.29, 0.717) is 25.6 Å². The van der Waals surface area contributed by atoms with Gasteiger partial charge in [-0.2, -0.15) is 0 Å². The molecule has 0 saturated heterocycles. The highest BCUT2D eigenvalue weighted by molar-refractivity contribution is 5.69. The summed E-state index contributed by atoms with van der Waals surface area (Å²) in [6, 6.07) is 0. The fourth-order valence-corrected chi connectivity index (χ4v) is 5.70. The number of nitrogens with zero attached hydrogens (tertiary/aromatic N) is 1. The first-order valence-electron chi connectivity index (χ1n) is 18.2. The first kappa shape index (κ1) is 39.4. The van der Waals surface area contributed by atoms with E-state index in [1.807, 2.05) is 0 Å². The standard InChI is InChI=1S/C36H73NO3/c1-4-7-10-13-16-21-28-35(27-20-12-9-6-3)34-40-36(39)29-22-17-15-19-24-31-37(32-25-26-33-38)30-23-18-14-11-8-5-2/h35,38H,4-34H2,1-3H3. The van der Waals surface area contributed by atoms with E-state index in [4.69, 9.17) is 9.84 Å². The zero-order valence-corrected chi connectivity index (χ0v) is 27.7. The summed E-state index contributed by atoms with van der Waals surface area (Å²) in [5, 5.41) is 9.14. The zero-order valence-electron chi connectivity index (χ0n) is 27.7. The van der Waals surface area contributed by atoms with E-state index in [9.17, 15) is 4.79 Å². The van der Waals surface area contributed by atoms with Crippen molar-refractivity contribution in [2.75, 3.05) is 32.8 Å². The second-order valence-corrected chi connectivity index (χ2v) is 12.5. The lowest BCUT2D eigenvalue weighted by Crippen LogP contribution is -2.27. The highest BCUT2D eigenvalue weighted by atomic mass is 16.5. The van der Waals surface area contributed by atoms with E-state index < -0.39 is 0 Å². The van der Waals surface area contributed by atoms with Crippen molar-refractivity contribution >= 4 is 5.97 Å². The van der Waals surface area contributed by atoms with E-state index in [1.165, 1.54) is 148 Å². The molecule has 0 radical (unpaired) electrons. The Morgan fingerprint density at radius 1 is 0.550 bits per heavy atom. The lowest BCUT2D eigenvalue weighted by Gasteiger charge is -2.22. The summed E-state index contributed by atoms with van der Waals surface area (Å²) in [7, 11) is 0.